The Morgan fingerprint density at radius 2 is 1.84 bits per heavy atom. The predicted octanol–water partition coefficient (Wildman–Crippen LogP) is 5.42. The van der Waals surface area contributed by atoms with E-state index in [-0.39, 0.29) is 11.9 Å². The summed E-state index contributed by atoms with van der Waals surface area (Å²) in [6.07, 6.45) is 0.666. The Labute approximate surface area is 183 Å². The molecule has 1 N–H and O–H groups in total. The van der Waals surface area contributed by atoms with Crippen molar-refractivity contribution in [2.75, 3.05) is 7.11 Å². The summed E-state index contributed by atoms with van der Waals surface area (Å²) in [5.41, 5.74) is 0.548. The SMILES string of the molecule is CC[C@@H](Oc1ccc2ccccc2c1)C(=O)N[C@H]1CC(C)(C)Oc2cc(OC)ccc21. The third-order valence-corrected chi connectivity index (χ3v) is 5.66. The molecule has 0 aromatic heterocycles. The Morgan fingerprint density at radius 3 is 2.58 bits per heavy atom. The highest BCUT2D eigenvalue weighted by Crippen LogP contribution is 2.41. The van der Waals surface area contributed by atoms with Gasteiger partial charge in [0, 0.05) is 18.1 Å². The van der Waals surface area contributed by atoms with Crippen molar-refractivity contribution in [3.05, 3.63) is 66.2 Å². The summed E-state index contributed by atoms with van der Waals surface area (Å²) in [5.74, 6) is 2.04. The lowest BCUT2D eigenvalue weighted by Crippen LogP contribution is -2.45. The fraction of sp³-hybridized carbons (Fsp3) is 0.346. The molecule has 0 unspecified atom stereocenters. The molecule has 0 saturated carbocycles. The predicted molar refractivity (Wildman–Crippen MR) is 122 cm³/mol. The van der Waals surface area contributed by atoms with E-state index in [0.717, 1.165) is 27.8 Å². The minimum Gasteiger partial charge on any atom is -0.497 e. The minimum absolute atomic E-state index is 0.125. The van der Waals surface area contributed by atoms with E-state index in [1.165, 1.54) is 0 Å². The van der Waals surface area contributed by atoms with E-state index in [0.29, 0.717) is 18.6 Å². The molecule has 3 aromatic carbocycles. The van der Waals surface area contributed by atoms with E-state index in [4.69, 9.17) is 14.2 Å². The molecule has 0 spiro atoms. The van der Waals surface area contributed by atoms with Crippen LogP contribution in [-0.4, -0.2) is 24.7 Å². The smallest absolute Gasteiger partial charge is 0.261 e. The maximum Gasteiger partial charge on any atom is 0.261 e. The fourth-order valence-corrected chi connectivity index (χ4v) is 4.08. The summed E-state index contributed by atoms with van der Waals surface area (Å²) >= 11 is 0. The Hall–Kier alpha value is -3.21. The molecule has 2 atom stereocenters. The summed E-state index contributed by atoms with van der Waals surface area (Å²) in [6, 6.07) is 19.6. The molecule has 0 aliphatic carbocycles. The molecule has 1 amide bonds. The van der Waals surface area contributed by atoms with Crippen LogP contribution in [0.1, 0.15) is 45.2 Å². The standard InChI is InChI=1S/C26H29NO4/c1-5-23(30-20-11-10-17-8-6-7-9-18(17)14-20)25(28)27-22-16-26(2,3)31-24-15-19(29-4)12-13-21(22)24/h6-15,22-23H,5,16H2,1-4H3,(H,27,28)/t22-,23+/m0/s1. The molecule has 1 aliphatic heterocycles. The van der Waals surface area contributed by atoms with Gasteiger partial charge in [0.1, 0.15) is 22.8 Å². The van der Waals surface area contributed by atoms with Crippen LogP contribution < -0.4 is 19.5 Å². The Kier molecular flexibility index (Phi) is 5.77. The van der Waals surface area contributed by atoms with Gasteiger partial charge in [-0.05, 0) is 55.3 Å². The van der Waals surface area contributed by atoms with Crippen LogP contribution in [0, 0.1) is 0 Å². The van der Waals surface area contributed by atoms with E-state index in [9.17, 15) is 4.79 Å². The van der Waals surface area contributed by atoms with Gasteiger partial charge in [0.2, 0.25) is 0 Å². The number of fused-ring (bicyclic) bond motifs is 2. The monoisotopic (exact) mass is 419 g/mol. The molecule has 162 valence electrons. The van der Waals surface area contributed by atoms with E-state index in [1.807, 2.05) is 75.4 Å². The number of rotatable bonds is 6. The molecule has 0 fully saturated rings. The first-order valence-corrected chi connectivity index (χ1v) is 10.7. The number of benzene rings is 3. The van der Waals surface area contributed by atoms with Crippen LogP contribution in [0.2, 0.25) is 0 Å². The van der Waals surface area contributed by atoms with Gasteiger partial charge in [0.05, 0.1) is 13.2 Å². The lowest BCUT2D eigenvalue weighted by atomic mass is 9.89. The van der Waals surface area contributed by atoms with Crippen molar-refractivity contribution < 1.29 is 19.0 Å². The van der Waals surface area contributed by atoms with Gasteiger partial charge in [0.15, 0.2) is 6.10 Å². The third kappa shape index (κ3) is 4.61. The zero-order valence-corrected chi connectivity index (χ0v) is 18.5. The number of methoxy groups -OCH3 is 1. The largest absolute Gasteiger partial charge is 0.497 e. The van der Waals surface area contributed by atoms with Crippen molar-refractivity contribution in [3.8, 4) is 17.2 Å². The second kappa shape index (κ2) is 8.50. The van der Waals surface area contributed by atoms with Crippen LogP contribution in [0.15, 0.2) is 60.7 Å². The maximum absolute atomic E-state index is 13.2. The normalized spacial score (nSPS) is 17.9. The van der Waals surface area contributed by atoms with Gasteiger partial charge < -0.3 is 19.5 Å². The van der Waals surface area contributed by atoms with Crippen LogP contribution in [0.4, 0.5) is 0 Å². The van der Waals surface area contributed by atoms with Crippen LogP contribution in [0.5, 0.6) is 17.2 Å². The Balaban J connectivity index is 1.53. The second-order valence-electron chi connectivity index (χ2n) is 8.55. The molecule has 5 heteroatoms. The molecule has 4 rings (SSSR count). The quantitative estimate of drug-likeness (QED) is 0.579. The summed E-state index contributed by atoms with van der Waals surface area (Å²) < 4.78 is 17.6. The first-order valence-electron chi connectivity index (χ1n) is 10.7. The van der Waals surface area contributed by atoms with Gasteiger partial charge in [-0.25, -0.2) is 0 Å². The van der Waals surface area contributed by atoms with Crippen molar-refractivity contribution in [3.63, 3.8) is 0 Å². The Bertz CT molecular complexity index is 1090. The average Bonchev–Trinajstić information content (AvgIpc) is 2.76. The molecule has 5 nitrogen and oxygen atoms in total. The number of amides is 1. The number of ether oxygens (including phenoxy) is 3. The van der Waals surface area contributed by atoms with Crippen LogP contribution in [0.25, 0.3) is 10.8 Å². The van der Waals surface area contributed by atoms with Gasteiger partial charge >= 0.3 is 0 Å². The van der Waals surface area contributed by atoms with Gasteiger partial charge in [0.25, 0.3) is 5.91 Å². The highest BCUT2D eigenvalue weighted by Gasteiger charge is 2.36. The molecule has 31 heavy (non-hydrogen) atoms. The highest BCUT2D eigenvalue weighted by atomic mass is 16.5. The van der Waals surface area contributed by atoms with Gasteiger partial charge in [-0.3, -0.25) is 4.79 Å². The zero-order valence-electron chi connectivity index (χ0n) is 18.5. The van der Waals surface area contributed by atoms with Crippen LogP contribution in [0.3, 0.4) is 0 Å². The number of carbonyl (C=O) groups excluding carboxylic acids is 1. The van der Waals surface area contributed by atoms with E-state index in [1.54, 1.807) is 7.11 Å². The lowest BCUT2D eigenvalue weighted by Gasteiger charge is -2.38. The van der Waals surface area contributed by atoms with Crippen molar-refractivity contribution in [2.24, 2.45) is 0 Å². The van der Waals surface area contributed by atoms with E-state index in [2.05, 4.69) is 11.4 Å². The molecular weight excluding hydrogens is 390 g/mol. The van der Waals surface area contributed by atoms with E-state index < -0.39 is 11.7 Å². The number of nitrogens with one attached hydrogen (secondary N) is 1. The van der Waals surface area contributed by atoms with Gasteiger partial charge in [-0.15, -0.1) is 0 Å². The molecule has 0 radical (unpaired) electrons. The van der Waals surface area contributed by atoms with Crippen molar-refractivity contribution >= 4 is 16.7 Å². The lowest BCUT2D eigenvalue weighted by molar-refractivity contribution is -0.129. The average molecular weight is 420 g/mol. The van der Waals surface area contributed by atoms with Crippen LogP contribution >= 0.6 is 0 Å². The van der Waals surface area contributed by atoms with E-state index >= 15 is 0 Å². The Morgan fingerprint density at radius 1 is 1.10 bits per heavy atom. The maximum atomic E-state index is 13.2. The van der Waals surface area contributed by atoms with Crippen molar-refractivity contribution in [1.82, 2.24) is 5.32 Å². The number of hydrogen-bond donors (Lipinski definition) is 1. The molecule has 3 aromatic rings. The molecule has 0 saturated heterocycles. The van der Waals surface area contributed by atoms with Crippen LogP contribution in [-0.2, 0) is 4.79 Å². The number of carbonyl (C=O) groups is 1. The summed E-state index contributed by atoms with van der Waals surface area (Å²) in [5, 5.41) is 5.42. The fourth-order valence-electron chi connectivity index (χ4n) is 4.08. The topological polar surface area (TPSA) is 56.8 Å². The summed E-state index contributed by atoms with van der Waals surface area (Å²) in [6.45, 7) is 6.01. The minimum atomic E-state index is -0.575. The van der Waals surface area contributed by atoms with Crippen molar-refractivity contribution in [1.29, 1.82) is 0 Å². The second-order valence-corrected chi connectivity index (χ2v) is 8.55. The first kappa shape index (κ1) is 21.0. The van der Waals surface area contributed by atoms with Crippen molar-refractivity contribution in [2.45, 2.75) is 51.4 Å². The summed E-state index contributed by atoms with van der Waals surface area (Å²) in [7, 11) is 1.63. The molecule has 0 bridgehead atoms. The first-order chi connectivity index (χ1) is 14.9. The van der Waals surface area contributed by atoms with Gasteiger partial charge in [-0.1, -0.05) is 37.3 Å². The molecule has 1 aliphatic rings. The zero-order chi connectivity index (χ0) is 22.0. The molecular formula is C26H29NO4. The summed E-state index contributed by atoms with van der Waals surface area (Å²) in [4.78, 5) is 13.2. The molecule has 1 heterocycles. The van der Waals surface area contributed by atoms with Gasteiger partial charge in [-0.2, -0.15) is 0 Å². The number of hydrogen-bond acceptors (Lipinski definition) is 4. The highest BCUT2D eigenvalue weighted by molar-refractivity contribution is 5.84. The third-order valence-electron chi connectivity index (χ3n) is 5.66.